The molecule has 0 nitrogen and oxygen atoms in total. The molecule has 0 N–H and O–H groups in total. The maximum atomic E-state index is 2.28. The van der Waals surface area contributed by atoms with Crippen LogP contribution in [0.4, 0.5) is 0 Å². The fraction of sp³-hybridized carbons (Fsp3) is 0.571. The van der Waals surface area contributed by atoms with Gasteiger partial charge in [0.2, 0.25) is 0 Å². The molecular weight excluding hydrogens is 168 g/mol. The monoisotopic (exact) mass is 194 g/mol. The molecular formula is C14H26. The van der Waals surface area contributed by atoms with Gasteiger partial charge in [-0.15, -0.1) is 0 Å². The molecule has 0 heterocycles. The van der Waals surface area contributed by atoms with Crippen LogP contribution in [0.25, 0.3) is 0 Å². The van der Waals surface area contributed by atoms with E-state index in [0.717, 1.165) is 5.92 Å². The molecule has 0 fully saturated rings. The molecule has 1 atom stereocenters. The second kappa shape index (κ2) is 8.80. The first kappa shape index (κ1) is 15.7. The summed E-state index contributed by atoms with van der Waals surface area (Å²) < 4.78 is 0. The van der Waals surface area contributed by atoms with Gasteiger partial charge in [0.25, 0.3) is 0 Å². The van der Waals surface area contributed by atoms with Gasteiger partial charge in [-0.1, -0.05) is 72.4 Å². The van der Waals surface area contributed by atoms with Gasteiger partial charge in [-0.2, -0.15) is 0 Å². The molecule has 0 radical (unpaired) electrons. The molecule has 0 spiro atoms. The molecule has 1 rings (SSSR count). The van der Waals surface area contributed by atoms with Crippen LogP contribution in [0.1, 0.15) is 53.5 Å². The van der Waals surface area contributed by atoms with Crippen molar-refractivity contribution >= 4 is 0 Å². The van der Waals surface area contributed by atoms with Crippen LogP contribution in [-0.2, 0) is 0 Å². The van der Waals surface area contributed by atoms with Crippen molar-refractivity contribution in [2.75, 3.05) is 0 Å². The molecule has 0 aliphatic rings. The highest BCUT2D eigenvalue weighted by Gasteiger charge is 2.07. The molecule has 0 aliphatic heterocycles. The Bertz CT molecular complexity index is 199. The highest BCUT2D eigenvalue weighted by Crippen LogP contribution is 2.22. The number of rotatable bonds is 2. The Morgan fingerprint density at radius 1 is 0.857 bits per heavy atom. The van der Waals surface area contributed by atoms with Crippen LogP contribution in [0.2, 0.25) is 0 Å². The molecule has 0 saturated heterocycles. The molecule has 0 amide bonds. The summed E-state index contributed by atoms with van der Waals surface area (Å²) in [6.45, 7) is 10.8. The molecule has 82 valence electrons. The third kappa shape index (κ3) is 5.06. The van der Waals surface area contributed by atoms with Crippen LogP contribution < -0.4 is 0 Å². The summed E-state index contributed by atoms with van der Waals surface area (Å²) in [5.74, 6) is 1.41. The lowest BCUT2D eigenvalue weighted by Crippen LogP contribution is -2.00. The van der Waals surface area contributed by atoms with Crippen molar-refractivity contribution in [3.63, 3.8) is 0 Å². The minimum atomic E-state index is 0. The zero-order valence-electron chi connectivity index (χ0n) is 9.54. The summed E-state index contributed by atoms with van der Waals surface area (Å²) in [6.07, 6.45) is 0. The average Bonchev–Trinajstić information content (AvgIpc) is 2.21. The lowest BCUT2D eigenvalue weighted by Gasteiger charge is -2.15. The third-order valence-corrected chi connectivity index (χ3v) is 2.33. The Hall–Kier alpha value is -0.780. The Labute approximate surface area is 90.4 Å². The average molecular weight is 194 g/mol. The van der Waals surface area contributed by atoms with Crippen molar-refractivity contribution in [3.8, 4) is 0 Å². The first-order valence-corrected chi connectivity index (χ1v) is 5.26. The van der Waals surface area contributed by atoms with Crippen molar-refractivity contribution in [2.45, 2.75) is 48.0 Å². The number of benzene rings is 1. The summed E-state index contributed by atoms with van der Waals surface area (Å²) in [7, 11) is 0. The van der Waals surface area contributed by atoms with E-state index in [1.807, 2.05) is 13.8 Å². The first-order chi connectivity index (χ1) is 6.22. The second-order valence-electron chi connectivity index (χ2n) is 3.44. The number of hydrogen-bond donors (Lipinski definition) is 0. The van der Waals surface area contributed by atoms with E-state index in [0.29, 0.717) is 5.92 Å². The van der Waals surface area contributed by atoms with E-state index in [-0.39, 0.29) is 7.43 Å². The van der Waals surface area contributed by atoms with Crippen LogP contribution in [0.5, 0.6) is 0 Å². The Morgan fingerprint density at radius 2 is 1.29 bits per heavy atom. The largest absolute Gasteiger partial charge is 0.0776 e. The fourth-order valence-corrected chi connectivity index (χ4v) is 1.14. The van der Waals surface area contributed by atoms with Gasteiger partial charge in [0, 0.05) is 0 Å². The Morgan fingerprint density at radius 3 is 1.64 bits per heavy atom. The highest BCUT2D eigenvalue weighted by atomic mass is 14.1. The summed E-state index contributed by atoms with van der Waals surface area (Å²) in [4.78, 5) is 0. The molecule has 1 aromatic carbocycles. The van der Waals surface area contributed by atoms with Gasteiger partial charge < -0.3 is 0 Å². The second-order valence-corrected chi connectivity index (χ2v) is 3.44. The zero-order valence-corrected chi connectivity index (χ0v) is 9.54. The van der Waals surface area contributed by atoms with E-state index in [1.54, 1.807) is 0 Å². The molecule has 0 aromatic heterocycles. The van der Waals surface area contributed by atoms with Gasteiger partial charge in [-0.3, -0.25) is 0 Å². The van der Waals surface area contributed by atoms with E-state index in [2.05, 4.69) is 51.1 Å². The molecule has 1 unspecified atom stereocenters. The van der Waals surface area contributed by atoms with E-state index in [4.69, 9.17) is 0 Å². The van der Waals surface area contributed by atoms with Crippen LogP contribution in [0, 0.1) is 5.92 Å². The van der Waals surface area contributed by atoms with Crippen LogP contribution in [0.3, 0.4) is 0 Å². The predicted molar refractivity (Wildman–Crippen MR) is 67.8 cm³/mol. The standard InChI is InChI=1S/C11H16.C2H6.CH4/c1-9(2)10(3)11-7-5-4-6-8-11;1-2;/h4-10H,1-3H3;1-2H3;1H4. The third-order valence-electron chi connectivity index (χ3n) is 2.33. The van der Waals surface area contributed by atoms with Gasteiger partial charge in [-0.05, 0) is 17.4 Å². The van der Waals surface area contributed by atoms with E-state index in [9.17, 15) is 0 Å². The lowest BCUT2D eigenvalue weighted by molar-refractivity contribution is 0.535. The zero-order chi connectivity index (χ0) is 10.3. The van der Waals surface area contributed by atoms with Crippen molar-refractivity contribution in [2.24, 2.45) is 5.92 Å². The first-order valence-electron chi connectivity index (χ1n) is 5.26. The molecule has 0 saturated carbocycles. The SMILES string of the molecule is C.CC.CC(C)C(C)c1ccccc1. The topological polar surface area (TPSA) is 0 Å². The fourth-order valence-electron chi connectivity index (χ4n) is 1.14. The summed E-state index contributed by atoms with van der Waals surface area (Å²) >= 11 is 0. The smallest absolute Gasteiger partial charge is 0.0167 e. The summed E-state index contributed by atoms with van der Waals surface area (Å²) in [5.41, 5.74) is 1.45. The molecule has 1 aromatic rings. The van der Waals surface area contributed by atoms with E-state index in [1.165, 1.54) is 5.56 Å². The highest BCUT2D eigenvalue weighted by molar-refractivity contribution is 5.18. The molecule has 0 heteroatoms. The van der Waals surface area contributed by atoms with Gasteiger partial charge in [0.1, 0.15) is 0 Å². The van der Waals surface area contributed by atoms with Crippen molar-refractivity contribution < 1.29 is 0 Å². The lowest BCUT2D eigenvalue weighted by atomic mass is 9.91. The van der Waals surface area contributed by atoms with Gasteiger partial charge >= 0.3 is 0 Å². The van der Waals surface area contributed by atoms with Crippen molar-refractivity contribution in [1.82, 2.24) is 0 Å². The maximum Gasteiger partial charge on any atom is -0.0167 e. The van der Waals surface area contributed by atoms with E-state index < -0.39 is 0 Å². The Balaban J connectivity index is 0. The van der Waals surface area contributed by atoms with Gasteiger partial charge in [0.05, 0.1) is 0 Å². The summed E-state index contributed by atoms with van der Waals surface area (Å²) in [6, 6.07) is 10.7. The molecule has 14 heavy (non-hydrogen) atoms. The van der Waals surface area contributed by atoms with E-state index >= 15 is 0 Å². The van der Waals surface area contributed by atoms with Gasteiger partial charge in [0.15, 0.2) is 0 Å². The normalized spacial score (nSPS) is 11.0. The van der Waals surface area contributed by atoms with Crippen molar-refractivity contribution in [3.05, 3.63) is 35.9 Å². The predicted octanol–water partition coefficient (Wildman–Crippen LogP) is 5.11. The Kier molecular flexibility index (Phi) is 9.86. The minimum Gasteiger partial charge on any atom is -0.0776 e. The maximum absolute atomic E-state index is 2.28. The minimum absolute atomic E-state index is 0. The van der Waals surface area contributed by atoms with Crippen molar-refractivity contribution in [1.29, 1.82) is 0 Å². The number of hydrogen-bond acceptors (Lipinski definition) is 0. The quantitative estimate of drug-likeness (QED) is 0.614. The van der Waals surface area contributed by atoms with Gasteiger partial charge in [-0.25, -0.2) is 0 Å². The van der Waals surface area contributed by atoms with Crippen LogP contribution >= 0.6 is 0 Å². The molecule has 0 aliphatic carbocycles. The van der Waals surface area contributed by atoms with Crippen LogP contribution in [-0.4, -0.2) is 0 Å². The molecule has 0 bridgehead atoms. The van der Waals surface area contributed by atoms with Crippen LogP contribution in [0.15, 0.2) is 30.3 Å². The summed E-state index contributed by atoms with van der Waals surface area (Å²) in [5, 5.41) is 0.